The van der Waals surface area contributed by atoms with E-state index in [1.165, 1.54) is 12.2 Å². The zero-order valence-electron chi connectivity index (χ0n) is 8.22. The SMILES string of the molecule is CCC1CSC(C)(CCOC)N1. The largest absolute Gasteiger partial charge is 0.385 e. The molecule has 1 rings (SSSR count). The van der Waals surface area contributed by atoms with E-state index in [4.69, 9.17) is 4.74 Å². The molecule has 3 heteroatoms. The van der Waals surface area contributed by atoms with Gasteiger partial charge in [0, 0.05) is 25.5 Å². The van der Waals surface area contributed by atoms with E-state index in [1.807, 2.05) is 11.8 Å². The fraction of sp³-hybridized carbons (Fsp3) is 1.00. The highest BCUT2D eigenvalue weighted by Gasteiger charge is 2.33. The second kappa shape index (κ2) is 4.49. The first-order valence-electron chi connectivity index (χ1n) is 4.61. The average Bonchev–Trinajstić information content (AvgIpc) is 2.45. The van der Waals surface area contributed by atoms with E-state index in [9.17, 15) is 0 Å². The lowest BCUT2D eigenvalue weighted by Gasteiger charge is -2.24. The highest BCUT2D eigenvalue weighted by atomic mass is 32.2. The number of hydrogen-bond donors (Lipinski definition) is 1. The van der Waals surface area contributed by atoms with E-state index in [0.29, 0.717) is 6.04 Å². The first-order valence-corrected chi connectivity index (χ1v) is 5.59. The van der Waals surface area contributed by atoms with Gasteiger partial charge in [-0.2, -0.15) is 0 Å². The maximum absolute atomic E-state index is 5.08. The van der Waals surface area contributed by atoms with Crippen LogP contribution in [0.4, 0.5) is 0 Å². The predicted octanol–water partition coefficient (Wildman–Crippen LogP) is 1.85. The second-order valence-corrected chi connectivity index (χ2v) is 5.06. The van der Waals surface area contributed by atoms with E-state index in [2.05, 4.69) is 19.2 Å². The number of methoxy groups -OCH3 is 1. The van der Waals surface area contributed by atoms with Crippen LogP contribution in [0.15, 0.2) is 0 Å². The van der Waals surface area contributed by atoms with Crippen molar-refractivity contribution < 1.29 is 4.74 Å². The maximum Gasteiger partial charge on any atom is 0.0641 e. The molecule has 72 valence electrons. The summed E-state index contributed by atoms with van der Waals surface area (Å²) < 4.78 is 5.08. The predicted molar refractivity (Wildman–Crippen MR) is 54.6 cm³/mol. The molecule has 1 saturated heterocycles. The molecule has 0 aromatic carbocycles. The number of thioether (sulfide) groups is 1. The molecule has 0 radical (unpaired) electrons. The summed E-state index contributed by atoms with van der Waals surface area (Å²) in [5.74, 6) is 1.25. The Labute approximate surface area is 79.4 Å². The lowest BCUT2D eigenvalue weighted by molar-refractivity contribution is 0.179. The molecule has 0 aromatic rings. The Kier molecular flexibility index (Phi) is 3.87. The van der Waals surface area contributed by atoms with Gasteiger partial charge in [0.1, 0.15) is 0 Å². The first kappa shape index (κ1) is 10.4. The van der Waals surface area contributed by atoms with Crippen LogP contribution in [0, 0.1) is 0 Å². The summed E-state index contributed by atoms with van der Waals surface area (Å²) in [4.78, 5) is 0.261. The van der Waals surface area contributed by atoms with Crippen molar-refractivity contribution in [3.05, 3.63) is 0 Å². The molecule has 1 N–H and O–H groups in total. The molecule has 0 spiro atoms. The molecule has 0 aliphatic carbocycles. The van der Waals surface area contributed by atoms with E-state index >= 15 is 0 Å². The van der Waals surface area contributed by atoms with Gasteiger partial charge >= 0.3 is 0 Å². The quantitative estimate of drug-likeness (QED) is 0.729. The molecule has 1 aliphatic heterocycles. The summed E-state index contributed by atoms with van der Waals surface area (Å²) in [7, 11) is 1.76. The van der Waals surface area contributed by atoms with E-state index < -0.39 is 0 Å². The molecular formula is C9H19NOS. The molecule has 12 heavy (non-hydrogen) atoms. The number of nitrogens with one attached hydrogen (secondary N) is 1. The maximum atomic E-state index is 5.08. The van der Waals surface area contributed by atoms with Crippen LogP contribution >= 0.6 is 11.8 Å². The molecular weight excluding hydrogens is 170 g/mol. The first-order chi connectivity index (χ1) is 5.70. The van der Waals surface area contributed by atoms with Gasteiger partial charge < -0.3 is 4.74 Å². The zero-order valence-corrected chi connectivity index (χ0v) is 9.04. The van der Waals surface area contributed by atoms with E-state index in [-0.39, 0.29) is 4.87 Å². The standard InChI is InChI=1S/C9H19NOS/c1-4-8-7-12-9(2,10-8)5-6-11-3/h8,10H,4-7H2,1-3H3. The molecule has 0 amide bonds. The van der Waals surface area contributed by atoms with Gasteiger partial charge in [-0.25, -0.2) is 0 Å². The number of ether oxygens (including phenoxy) is 1. The Morgan fingerprint density at radius 1 is 1.67 bits per heavy atom. The second-order valence-electron chi connectivity index (χ2n) is 3.53. The summed E-state index contributed by atoms with van der Waals surface area (Å²) >= 11 is 2.03. The van der Waals surface area contributed by atoms with Gasteiger partial charge in [0.2, 0.25) is 0 Å². The summed E-state index contributed by atoms with van der Waals surface area (Å²) in [5.41, 5.74) is 0. The average molecular weight is 189 g/mol. The smallest absolute Gasteiger partial charge is 0.0641 e. The van der Waals surface area contributed by atoms with Gasteiger partial charge in [0.05, 0.1) is 4.87 Å². The molecule has 0 aromatic heterocycles. The lowest BCUT2D eigenvalue weighted by atomic mass is 10.2. The highest BCUT2D eigenvalue weighted by Crippen LogP contribution is 2.33. The van der Waals surface area contributed by atoms with E-state index in [1.54, 1.807) is 7.11 Å². The van der Waals surface area contributed by atoms with Crippen LogP contribution in [0.2, 0.25) is 0 Å². The van der Waals surface area contributed by atoms with Crippen LogP contribution in [-0.2, 0) is 4.74 Å². The van der Waals surface area contributed by atoms with Gasteiger partial charge in [-0.3, -0.25) is 5.32 Å². The Hall–Kier alpha value is 0.270. The van der Waals surface area contributed by atoms with Crippen molar-refractivity contribution in [1.29, 1.82) is 0 Å². The Morgan fingerprint density at radius 2 is 2.42 bits per heavy atom. The molecule has 1 heterocycles. The third kappa shape index (κ3) is 2.64. The third-order valence-corrected chi connectivity index (χ3v) is 3.92. The van der Waals surface area contributed by atoms with Crippen LogP contribution in [0.1, 0.15) is 26.7 Å². The number of hydrogen-bond acceptors (Lipinski definition) is 3. The summed E-state index contributed by atoms with van der Waals surface area (Å²) in [6, 6.07) is 0.705. The third-order valence-electron chi connectivity index (χ3n) is 2.39. The molecule has 1 aliphatic rings. The van der Waals surface area contributed by atoms with Crippen molar-refractivity contribution in [3.8, 4) is 0 Å². The molecule has 2 atom stereocenters. The molecule has 2 unspecified atom stereocenters. The zero-order chi connectivity index (χ0) is 9.03. The van der Waals surface area contributed by atoms with Gasteiger partial charge in [0.25, 0.3) is 0 Å². The van der Waals surface area contributed by atoms with Crippen molar-refractivity contribution in [2.24, 2.45) is 0 Å². The van der Waals surface area contributed by atoms with Crippen molar-refractivity contribution in [2.45, 2.75) is 37.6 Å². The Bertz CT molecular complexity index is 142. The normalized spacial score (nSPS) is 35.8. The highest BCUT2D eigenvalue weighted by molar-refractivity contribution is 8.00. The molecule has 0 bridgehead atoms. The minimum absolute atomic E-state index is 0.261. The van der Waals surface area contributed by atoms with Gasteiger partial charge in [-0.1, -0.05) is 6.92 Å². The fourth-order valence-electron chi connectivity index (χ4n) is 1.46. The Morgan fingerprint density at radius 3 is 2.92 bits per heavy atom. The van der Waals surface area contributed by atoms with Crippen molar-refractivity contribution in [2.75, 3.05) is 19.5 Å². The topological polar surface area (TPSA) is 21.3 Å². The molecule has 0 saturated carbocycles. The van der Waals surface area contributed by atoms with Crippen LogP contribution in [0.25, 0.3) is 0 Å². The summed E-state index contributed by atoms with van der Waals surface area (Å²) in [5, 5.41) is 3.63. The molecule has 1 fully saturated rings. The van der Waals surface area contributed by atoms with Crippen LogP contribution in [0.5, 0.6) is 0 Å². The van der Waals surface area contributed by atoms with E-state index in [0.717, 1.165) is 13.0 Å². The Balaban J connectivity index is 2.31. The summed E-state index contributed by atoms with van der Waals surface area (Å²) in [6.07, 6.45) is 2.33. The van der Waals surface area contributed by atoms with Crippen LogP contribution < -0.4 is 5.32 Å². The monoisotopic (exact) mass is 189 g/mol. The van der Waals surface area contributed by atoms with Gasteiger partial charge in [0.15, 0.2) is 0 Å². The van der Waals surface area contributed by atoms with Gasteiger partial charge in [-0.05, 0) is 19.8 Å². The van der Waals surface area contributed by atoms with Crippen molar-refractivity contribution >= 4 is 11.8 Å². The van der Waals surface area contributed by atoms with Crippen LogP contribution in [-0.4, -0.2) is 30.4 Å². The van der Waals surface area contributed by atoms with Crippen molar-refractivity contribution in [3.63, 3.8) is 0 Å². The fourth-order valence-corrected chi connectivity index (χ4v) is 2.83. The molecule has 2 nitrogen and oxygen atoms in total. The summed E-state index contributed by atoms with van der Waals surface area (Å²) in [6.45, 7) is 5.36. The minimum Gasteiger partial charge on any atom is -0.385 e. The minimum atomic E-state index is 0.261. The lowest BCUT2D eigenvalue weighted by Crippen LogP contribution is -2.39. The van der Waals surface area contributed by atoms with Crippen LogP contribution in [0.3, 0.4) is 0 Å². The number of rotatable bonds is 4. The van der Waals surface area contributed by atoms with Crippen molar-refractivity contribution in [1.82, 2.24) is 5.32 Å². The van der Waals surface area contributed by atoms with Gasteiger partial charge in [-0.15, -0.1) is 11.8 Å².